The minimum atomic E-state index is 0.0633. The predicted molar refractivity (Wildman–Crippen MR) is 63.7 cm³/mol. The van der Waals surface area contributed by atoms with Gasteiger partial charge < -0.3 is 10.1 Å². The highest BCUT2D eigenvalue weighted by atomic mass is 16.5. The van der Waals surface area contributed by atoms with E-state index < -0.39 is 0 Å². The van der Waals surface area contributed by atoms with Crippen molar-refractivity contribution in [3.8, 4) is 0 Å². The molecule has 17 heavy (non-hydrogen) atoms. The van der Waals surface area contributed by atoms with Crippen LogP contribution in [0.4, 0.5) is 5.82 Å². The second-order valence-electron chi connectivity index (χ2n) is 4.12. The molecule has 1 saturated heterocycles. The van der Waals surface area contributed by atoms with Gasteiger partial charge in [0.1, 0.15) is 18.1 Å². The topological polar surface area (TPSA) is 64.9 Å². The van der Waals surface area contributed by atoms with Crippen LogP contribution in [-0.4, -0.2) is 33.2 Å². The number of nitrogens with zero attached hydrogens (tertiary/aromatic N) is 4. The standard InChI is InChI=1S/C11H15N5O/c1-12-10-9-11(14-6-13-10)16(7-15-9)8-4-2-3-5-17-8/h6-8H,2-5H2,1H3,(H,12,13,14)/t8-/m1/s1. The number of anilines is 1. The van der Waals surface area contributed by atoms with Crippen LogP contribution < -0.4 is 5.32 Å². The van der Waals surface area contributed by atoms with Gasteiger partial charge in [-0.05, 0) is 19.3 Å². The van der Waals surface area contributed by atoms with Gasteiger partial charge in [-0.25, -0.2) is 15.0 Å². The fourth-order valence-corrected chi connectivity index (χ4v) is 2.19. The monoisotopic (exact) mass is 233 g/mol. The zero-order chi connectivity index (χ0) is 11.7. The third kappa shape index (κ3) is 1.74. The van der Waals surface area contributed by atoms with Crippen molar-refractivity contribution >= 4 is 17.0 Å². The molecule has 0 unspecified atom stereocenters. The summed E-state index contributed by atoms with van der Waals surface area (Å²) in [4.78, 5) is 12.8. The minimum Gasteiger partial charge on any atom is -0.371 e. The number of ether oxygens (including phenoxy) is 1. The molecule has 2 aromatic heterocycles. The van der Waals surface area contributed by atoms with Crippen molar-refractivity contribution in [1.82, 2.24) is 19.5 Å². The Balaban J connectivity index is 2.05. The van der Waals surface area contributed by atoms with Crippen molar-refractivity contribution in [2.75, 3.05) is 19.0 Å². The molecule has 1 atom stereocenters. The van der Waals surface area contributed by atoms with Crippen molar-refractivity contribution in [1.29, 1.82) is 0 Å². The lowest BCUT2D eigenvalue weighted by Crippen LogP contribution is -2.17. The molecule has 6 heteroatoms. The van der Waals surface area contributed by atoms with Gasteiger partial charge in [0.25, 0.3) is 0 Å². The molecule has 1 aliphatic rings. The van der Waals surface area contributed by atoms with Gasteiger partial charge in [0.2, 0.25) is 0 Å². The molecular weight excluding hydrogens is 218 g/mol. The number of hydrogen-bond donors (Lipinski definition) is 1. The molecule has 6 nitrogen and oxygen atoms in total. The summed E-state index contributed by atoms with van der Waals surface area (Å²) in [7, 11) is 1.83. The predicted octanol–water partition coefficient (Wildman–Crippen LogP) is 1.57. The van der Waals surface area contributed by atoms with E-state index in [1.54, 1.807) is 12.7 Å². The molecule has 1 N–H and O–H groups in total. The number of aromatic nitrogens is 4. The highest BCUT2D eigenvalue weighted by Gasteiger charge is 2.19. The Hall–Kier alpha value is -1.69. The number of nitrogens with one attached hydrogen (secondary N) is 1. The fourth-order valence-electron chi connectivity index (χ4n) is 2.19. The van der Waals surface area contributed by atoms with E-state index in [-0.39, 0.29) is 6.23 Å². The molecule has 3 rings (SSSR count). The quantitative estimate of drug-likeness (QED) is 0.852. The molecule has 2 aromatic rings. The van der Waals surface area contributed by atoms with E-state index in [1.807, 2.05) is 11.6 Å². The lowest BCUT2D eigenvalue weighted by atomic mass is 10.2. The van der Waals surface area contributed by atoms with Gasteiger partial charge >= 0.3 is 0 Å². The molecule has 0 aliphatic carbocycles. The second kappa shape index (κ2) is 4.29. The molecule has 0 radical (unpaired) electrons. The van der Waals surface area contributed by atoms with Crippen molar-refractivity contribution in [3.63, 3.8) is 0 Å². The Morgan fingerprint density at radius 3 is 3.06 bits per heavy atom. The average Bonchev–Trinajstić information content (AvgIpc) is 2.83. The van der Waals surface area contributed by atoms with E-state index in [0.717, 1.165) is 36.4 Å². The van der Waals surface area contributed by atoms with Crippen LogP contribution in [0.1, 0.15) is 25.5 Å². The number of fused-ring (bicyclic) bond motifs is 1. The van der Waals surface area contributed by atoms with Crippen LogP contribution in [0.15, 0.2) is 12.7 Å². The van der Waals surface area contributed by atoms with Crippen molar-refractivity contribution in [3.05, 3.63) is 12.7 Å². The lowest BCUT2D eigenvalue weighted by Gasteiger charge is -2.23. The van der Waals surface area contributed by atoms with Crippen LogP contribution in [0.3, 0.4) is 0 Å². The van der Waals surface area contributed by atoms with Gasteiger partial charge in [-0.1, -0.05) is 0 Å². The summed E-state index contributed by atoms with van der Waals surface area (Å²) in [5.74, 6) is 0.754. The van der Waals surface area contributed by atoms with Crippen molar-refractivity contribution in [2.45, 2.75) is 25.5 Å². The van der Waals surface area contributed by atoms with E-state index in [2.05, 4.69) is 20.3 Å². The molecule has 1 fully saturated rings. The maximum absolute atomic E-state index is 5.75. The summed E-state index contributed by atoms with van der Waals surface area (Å²) < 4.78 is 7.74. The number of rotatable bonds is 2. The Bertz CT molecular complexity index is 518. The van der Waals surface area contributed by atoms with Gasteiger partial charge in [-0.3, -0.25) is 4.57 Å². The largest absolute Gasteiger partial charge is 0.371 e. The van der Waals surface area contributed by atoms with Crippen LogP contribution in [0.5, 0.6) is 0 Å². The normalized spacial score (nSPS) is 20.6. The first-order valence-corrected chi connectivity index (χ1v) is 5.87. The molecule has 0 amide bonds. The van der Waals surface area contributed by atoms with Crippen LogP contribution in [0, 0.1) is 0 Å². The first kappa shape index (κ1) is 10.5. The van der Waals surface area contributed by atoms with Gasteiger partial charge in [0, 0.05) is 13.7 Å². The van der Waals surface area contributed by atoms with E-state index >= 15 is 0 Å². The molecular formula is C11H15N5O. The van der Waals surface area contributed by atoms with Gasteiger partial charge in [-0.2, -0.15) is 0 Å². The maximum Gasteiger partial charge on any atom is 0.167 e. The SMILES string of the molecule is CNc1ncnc2c1ncn2[C@H]1CCCCO1. The number of hydrogen-bond acceptors (Lipinski definition) is 5. The Morgan fingerprint density at radius 2 is 2.29 bits per heavy atom. The second-order valence-corrected chi connectivity index (χ2v) is 4.12. The third-order valence-corrected chi connectivity index (χ3v) is 3.06. The van der Waals surface area contributed by atoms with E-state index in [1.165, 1.54) is 6.42 Å². The van der Waals surface area contributed by atoms with Crippen LogP contribution in [0.25, 0.3) is 11.2 Å². The highest BCUT2D eigenvalue weighted by molar-refractivity contribution is 5.82. The molecule has 3 heterocycles. The molecule has 90 valence electrons. The first-order valence-electron chi connectivity index (χ1n) is 5.87. The summed E-state index contributed by atoms with van der Waals surface area (Å²) in [6, 6.07) is 0. The van der Waals surface area contributed by atoms with E-state index in [9.17, 15) is 0 Å². The third-order valence-electron chi connectivity index (χ3n) is 3.06. The van der Waals surface area contributed by atoms with Crippen molar-refractivity contribution in [2.24, 2.45) is 0 Å². The van der Waals surface area contributed by atoms with Crippen LogP contribution >= 0.6 is 0 Å². The van der Waals surface area contributed by atoms with E-state index in [4.69, 9.17) is 4.74 Å². The molecule has 0 bridgehead atoms. The average molecular weight is 233 g/mol. The molecule has 0 saturated carbocycles. The summed E-state index contributed by atoms with van der Waals surface area (Å²) in [6.07, 6.45) is 6.75. The van der Waals surface area contributed by atoms with E-state index in [0.29, 0.717) is 0 Å². The minimum absolute atomic E-state index is 0.0633. The Morgan fingerprint density at radius 1 is 1.35 bits per heavy atom. The van der Waals surface area contributed by atoms with Gasteiger partial charge in [-0.15, -0.1) is 0 Å². The lowest BCUT2D eigenvalue weighted by molar-refractivity contribution is -0.0298. The summed E-state index contributed by atoms with van der Waals surface area (Å²) in [5, 5.41) is 3.02. The molecule has 0 aromatic carbocycles. The van der Waals surface area contributed by atoms with Gasteiger partial charge in [0.15, 0.2) is 11.5 Å². The highest BCUT2D eigenvalue weighted by Crippen LogP contribution is 2.26. The first-order chi connectivity index (χ1) is 8.40. The van der Waals surface area contributed by atoms with Gasteiger partial charge in [0.05, 0.1) is 6.33 Å². The van der Waals surface area contributed by atoms with Crippen LogP contribution in [0.2, 0.25) is 0 Å². The molecule has 1 aliphatic heterocycles. The van der Waals surface area contributed by atoms with Crippen molar-refractivity contribution < 1.29 is 4.74 Å². The Labute approximate surface area is 99.0 Å². The van der Waals surface area contributed by atoms with Crippen LogP contribution in [-0.2, 0) is 4.74 Å². The maximum atomic E-state index is 5.75. The zero-order valence-corrected chi connectivity index (χ0v) is 9.76. The number of imidazole rings is 1. The zero-order valence-electron chi connectivity index (χ0n) is 9.76. The fraction of sp³-hybridized carbons (Fsp3) is 0.545. The smallest absolute Gasteiger partial charge is 0.167 e. The summed E-state index contributed by atoms with van der Waals surface area (Å²) in [5.41, 5.74) is 1.63. The summed E-state index contributed by atoms with van der Waals surface area (Å²) in [6.45, 7) is 0.814. The summed E-state index contributed by atoms with van der Waals surface area (Å²) >= 11 is 0. The Kier molecular flexibility index (Phi) is 2.64. The molecule has 0 spiro atoms.